The summed E-state index contributed by atoms with van der Waals surface area (Å²) in [5.74, 6) is -0.351. The average Bonchev–Trinajstić information content (AvgIpc) is 2.75. The molecular weight excluding hydrogens is 327 g/mol. The van der Waals surface area contributed by atoms with Crippen LogP contribution in [0.3, 0.4) is 0 Å². The molecule has 0 aliphatic carbocycles. The molecule has 0 saturated heterocycles. The van der Waals surface area contributed by atoms with Crippen molar-refractivity contribution in [2.24, 2.45) is 0 Å². The van der Waals surface area contributed by atoms with Crippen molar-refractivity contribution in [3.05, 3.63) is 55.9 Å². The number of hydrogen-bond donors (Lipinski definition) is 1. The number of benzene rings is 1. The molecule has 0 radical (unpaired) electrons. The predicted octanol–water partition coefficient (Wildman–Crippen LogP) is 5.03. The van der Waals surface area contributed by atoms with Crippen LogP contribution in [-0.2, 0) is 5.41 Å². The van der Waals surface area contributed by atoms with Crippen LogP contribution >= 0.6 is 27.3 Å². The normalized spacial score (nSPS) is 13.6. The van der Waals surface area contributed by atoms with E-state index in [2.05, 4.69) is 36.7 Å². The van der Waals surface area contributed by atoms with Crippen LogP contribution < -0.4 is 0 Å². The van der Waals surface area contributed by atoms with E-state index in [0.717, 1.165) is 4.88 Å². The molecule has 1 aromatic carbocycles. The van der Waals surface area contributed by atoms with Crippen LogP contribution in [0.15, 0.2) is 34.8 Å². The Morgan fingerprint density at radius 3 is 2.42 bits per heavy atom. The largest absolute Gasteiger partial charge is 0.383 e. The second-order valence-corrected chi connectivity index (χ2v) is 7.59. The third kappa shape index (κ3) is 3.44. The van der Waals surface area contributed by atoms with E-state index in [1.807, 2.05) is 12.1 Å². The number of aliphatic hydroxyl groups is 1. The standard InChI is InChI=1S/C15H16BrFOS/c1-15(2,3)13-5-4-12(19-13)14(18)9-6-10(16)8-11(17)7-9/h4-8,14,18H,1-3H3. The van der Waals surface area contributed by atoms with Crippen molar-refractivity contribution >= 4 is 27.3 Å². The zero-order chi connectivity index (χ0) is 14.2. The third-order valence-electron chi connectivity index (χ3n) is 2.84. The Bertz CT molecular complexity index is 566. The van der Waals surface area contributed by atoms with Gasteiger partial charge in [0.1, 0.15) is 11.9 Å². The minimum atomic E-state index is -0.784. The van der Waals surface area contributed by atoms with Crippen LogP contribution in [0.25, 0.3) is 0 Å². The summed E-state index contributed by atoms with van der Waals surface area (Å²) in [5, 5.41) is 10.3. The second-order valence-electron chi connectivity index (χ2n) is 5.56. The Hall–Kier alpha value is -0.710. The maximum absolute atomic E-state index is 13.4. The minimum Gasteiger partial charge on any atom is -0.383 e. The van der Waals surface area contributed by atoms with Crippen molar-refractivity contribution in [3.8, 4) is 0 Å². The van der Waals surface area contributed by atoms with E-state index in [1.54, 1.807) is 17.4 Å². The highest BCUT2D eigenvalue weighted by atomic mass is 79.9. The topological polar surface area (TPSA) is 20.2 Å². The van der Waals surface area contributed by atoms with Crippen molar-refractivity contribution in [2.75, 3.05) is 0 Å². The van der Waals surface area contributed by atoms with Gasteiger partial charge in [-0.1, -0.05) is 36.7 Å². The van der Waals surface area contributed by atoms with Crippen LogP contribution in [-0.4, -0.2) is 5.11 Å². The van der Waals surface area contributed by atoms with E-state index in [9.17, 15) is 9.50 Å². The minimum absolute atomic E-state index is 0.0607. The van der Waals surface area contributed by atoms with E-state index in [-0.39, 0.29) is 11.2 Å². The van der Waals surface area contributed by atoms with E-state index in [0.29, 0.717) is 10.0 Å². The molecule has 0 amide bonds. The summed E-state index contributed by atoms with van der Waals surface area (Å²) in [4.78, 5) is 2.04. The van der Waals surface area contributed by atoms with Crippen molar-refractivity contribution in [2.45, 2.75) is 32.3 Å². The molecule has 1 N–H and O–H groups in total. The van der Waals surface area contributed by atoms with Gasteiger partial charge in [-0.2, -0.15) is 0 Å². The van der Waals surface area contributed by atoms with Crippen LogP contribution in [0.5, 0.6) is 0 Å². The lowest BCUT2D eigenvalue weighted by atomic mass is 9.95. The molecule has 1 aromatic heterocycles. The first-order valence-electron chi connectivity index (χ1n) is 6.01. The highest BCUT2D eigenvalue weighted by molar-refractivity contribution is 9.10. The van der Waals surface area contributed by atoms with Gasteiger partial charge in [-0.3, -0.25) is 0 Å². The number of rotatable bonds is 2. The molecule has 1 unspecified atom stereocenters. The summed E-state index contributed by atoms with van der Waals surface area (Å²) >= 11 is 4.81. The van der Waals surface area contributed by atoms with Gasteiger partial charge in [0.05, 0.1) is 0 Å². The fourth-order valence-electron chi connectivity index (χ4n) is 1.80. The molecule has 0 aliphatic heterocycles. The molecule has 0 saturated carbocycles. The Balaban J connectivity index is 2.33. The van der Waals surface area contributed by atoms with Crippen LogP contribution in [0.2, 0.25) is 0 Å². The van der Waals surface area contributed by atoms with Crippen molar-refractivity contribution in [1.29, 1.82) is 0 Å². The second kappa shape index (κ2) is 5.35. The van der Waals surface area contributed by atoms with Crippen LogP contribution in [0, 0.1) is 5.82 Å². The van der Waals surface area contributed by atoms with Crippen molar-refractivity contribution in [3.63, 3.8) is 0 Å². The smallest absolute Gasteiger partial charge is 0.124 e. The number of thiophene rings is 1. The molecule has 0 spiro atoms. The lowest BCUT2D eigenvalue weighted by Gasteiger charge is -2.16. The monoisotopic (exact) mass is 342 g/mol. The fraction of sp³-hybridized carbons (Fsp3) is 0.333. The molecule has 2 rings (SSSR count). The van der Waals surface area contributed by atoms with E-state index in [4.69, 9.17) is 0 Å². The molecular formula is C15H16BrFOS. The van der Waals surface area contributed by atoms with Gasteiger partial charge in [0.15, 0.2) is 0 Å². The highest BCUT2D eigenvalue weighted by Crippen LogP contribution is 2.35. The van der Waals surface area contributed by atoms with Gasteiger partial charge >= 0.3 is 0 Å². The molecule has 1 heterocycles. The number of halogens is 2. The summed E-state index contributed by atoms with van der Waals surface area (Å²) in [5.41, 5.74) is 0.625. The average molecular weight is 343 g/mol. The summed E-state index contributed by atoms with van der Waals surface area (Å²) in [6.45, 7) is 6.40. The van der Waals surface area contributed by atoms with Gasteiger partial charge in [0, 0.05) is 14.2 Å². The van der Waals surface area contributed by atoms with Gasteiger partial charge < -0.3 is 5.11 Å². The molecule has 2 aromatic rings. The first-order chi connectivity index (χ1) is 8.77. The molecule has 102 valence electrons. The van der Waals surface area contributed by atoms with Gasteiger partial charge in [0.25, 0.3) is 0 Å². The quantitative estimate of drug-likeness (QED) is 0.811. The Morgan fingerprint density at radius 2 is 1.89 bits per heavy atom. The molecule has 4 heteroatoms. The van der Waals surface area contributed by atoms with Crippen LogP contribution in [0.4, 0.5) is 4.39 Å². The van der Waals surface area contributed by atoms with Crippen molar-refractivity contribution < 1.29 is 9.50 Å². The van der Waals surface area contributed by atoms with Crippen molar-refractivity contribution in [1.82, 2.24) is 0 Å². The predicted molar refractivity (Wildman–Crippen MR) is 81.2 cm³/mol. The Kier molecular flexibility index (Phi) is 4.14. The number of hydrogen-bond acceptors (Lipinski definition) is 2. The molecule has 0 aliphatic rings. The Labute approximate surface area is 125 Å². The maximum atomic E-state index is 13.4. The summed E-state index contributed by atoms with van der Waals surface area (Å²) in [6, 6.07) is 8.42. The molecule has 0 fully saturated rings. The third-order valence-corrected chi connectivity index (χ3v) is 4.86. The molecule has 1 atom stereocenters. The lowest BCUT2D eigenvalue weighted by Crippen LogP contribution is -2.07. The van der Waals surface area contributed by atoms with Crippen LogP contribution in [0.1, 0.15) is 42.2 Å². The summed E-state index contributed by atoms with van der Waals surface area (Å²) in [6.07, 6.45) is -0.784. The first-order valence-corrected chi connectivity index (χ1v) is 7.62. The first kappa shape index (κ1) is 14.7. The highest BCUT2D eigenvalue weighted by Gasteiger charge is 2.20. The SMILES string of the molecule is CC(C)(C)c1ccc(C(O)c2cc(F)cc(Br)c2)s1. The van der Waals surface area contributed by atoms with Gasteiger partial charge in [-0.15, -0.1) is 11.3 Å². The number of aliphatic hydroxyl groups excluding tert-OH is 1. The van der Waals surface area contributed by atoms with E-state index in [1.165, 1.54) is 17.0 Å². The van der Waals surface area contributed by atoms with Gasteiger partial charge in [-0.25, -0.2) is 4.39 Å². The lowest BCUT2D eigenvalue weighted by molar-refractivity contribution is 0.223. The molecule has 0 bridgehead atoms. The molecule has 19 heavy (non-hydrogen) atoms. The maximum Gasteiger partial charge on any atom is 0.124 e. The Morgan fingerprint density at radius 1 is 1.21 bits per heavy atom. The van der Waals surface area contributed by atoms with E-state index >= 15 is 0 Å². The van der Waals surface area contributed by atoms with Gasteiger partial charge in [0.2, 0.25) is 0 Å². The zero-order valence-electron chi connectivity index (χ0n) is 11.1. The summed E-state index contributed by atoms with van der Waals surface area (Å²) in [7, 11) is 0. The fourth-order valence-corrected chi connectivity index (χ4v) is 3.36. The zero-order valence-corrected chi connectivity index (χ0v) is 13.5. The molecule has 1 nitrogen and oxygen atoms in total. The van der Waals surface area contributed by atoms with Gasteiger partial charge in [-0.05, 0) is 41.3 Å². The van der Waals surface area contributed by atoms with E-state index < -0.39 is 6.10 Å². The summed E-state index contributed by atoms with van der Waals surface area (Å²) < 4.78 is 14.0.